The van der Waals surface area contributed by atoms with Gasteiger partial charge in [0, 0.05) is 52.9 Å². The predicted molar refractivity (Wildman–Crippen MR) is 292 cm³/mol. The highest BCUT2D eigenvalue weighted by molar-refractivity contribution is 6.11. The molecular weight excluding hydrogens is 841 g/mol. The number of fused-ring (bicyclic) bond motifs is 4. The number of nitrogens with zero attached hydrogens (tertiary/aromatic N) is 4. The molecule has 0 N–H and O–H groups in total. The summed E-state index contributed by atoms with van der Waals surface area (Å²) >= 11 is 0. The normalized spacial score (nSPS) is 13.2. The lowest BCUT2D eigenvalue weighted by molar-refractivity contribution is 0.485. The number of hydrogen-bond donors (Lipinski definition) is 0. The van der Waals surface area contributed by atoms with Gasteiger partial charge < -0.3 is 4.74 Å². The minimum atomic E-state index is -0.0621. The molecular formula is C64H64N4O+2. The number of benzene rings is 7. The number of hydrogen-bond acceptors (Lipinski definition) is 2. The van der Waals surface area contributed by atoms with Crippen LogP contribution in [0, 0.1) is 0 Å². The largest absolute Gasteiger partial charge is 0.503 e. The molecule has 0 fully saturated rings. The summed E-state index contributed by atoms with van der Waals surface area (Å²) in [5, 5.41) is 2.30. The number of para-hydroxylation sites is 2. The third kappa shape index (κ3) is 8.62. The first-order chi connectivity index (χ1) is 32.7. The number of pyridine rings is 1. The molecule has 0 bridgehead atoms. The zero-order chi connectivity index (χ0) is 48.6. The predicted octanol–water partition coefficient (Wildman–Crippen LogP) is 17.4. The van der Waals surface area contributed by atoms with Crippen molar-refractivity contribution in [1.82, 2.24) is 18.7 Å². The third-order valence-corrected chi connectivity index (χ3v) is 13.6. The summed E-state index contributed by atoms with van der Waals surface area (Å²) in [6, 6.07) is 63.1. The van der Waals surface area contributed by atoms with Gasteiger partial charge in [0.15, 0.2) is 0 Å². The van der Waals surface area contributed by atoms with E-state index in [1.807, 2.05) is 6.20 Å². The van der Waals surface area contributed by atoms with Gasteiger partial charge in [-0.2, -0.15) is 0 Å². The lowest BCUT2D eigenvalue weighted by atomic mass is 9.80. The number of rotatable bonds is 7. The van der Waals surface area contributed by atoms with Crippen LogP contribution in [0.5, 0.6) is 11.5 Å². The second-order valence-electron chi connectivity index (χ2n) is 22.9. The highest BCUT2D eigenvalue weighted by Gasteiger charge is 2.41. The third-order valence-electron chi connectivity index (χ3n) is 13.6. The van der Waals surface area contributed by atoms with E-state index in [2.05, 4.69) is 267 Å². The molecule has 0 spiro atoms. The van der Waals surface area contributed by atoms with Gasteiger partial charge in [-0.25, -0.2) is 4.98 Å². The van der Waals surface area contributed by atoms with E-state index in [4.69, 9.17) is 9.72 Å². The van der Waals surface area contributed by atoms with Gasteiger partial charge in [-0.15, -0.1) is 0 Å². The standard InChI is InChI=1S/C64H64N4O/c1-61(2,3)44-24-18-23-43(33-44)51-28-20-30-56-60(51)67(49-35-46(63(7,8)9)34-47(36-49)64(10,11)12)41-66(56)48-25-19-26-50(38-48)69-58-40-57-54(39-53(58)42-21-14-13-15-22-42)52-27-16-17-29-55(52)68(57)59-37-45(31-32-65-59)62(4,5)6/h13-40H,1-12H3/q+2. The van der Waals surface area contributed by atoms with Gasteiger partial charge in [-0.05, 0) is 101 Å². The molecule has 0 saturated heterocycles. The summed E-state index contributed by atoms with van der Waals surface area (Å²) in [6.07, 6.45) is 1.93. The van der Waals surface area contributed by atoms with Crippen molar-refractivity contribution >= 4 is 50.6 Å². The van der Waals surface area contributed by atoms with Crippen molar-refractivity contribution in [1.29, 1.82) is 0 Å². The minimum absolute atomic E-state index is 0.00325. The molecule has 0 aliphatic carbocycles. The monoisotopic (exact) mass is 905 g/mol. The van der Waals surface area contributed by atoms with Crippen molar-refractivity contribution in [2.24, 2.45) is 0 Å². The second-order valence-corrected chi connectivity index (χ2v) is 22.9. The van der Waals surface area contributed by atoms with E-state index in [1.54, 1.807) is 0 Å². The van der Waals surface area contributed by atoms with Crippen LogP contribution in [0.25, 0.3) is 49.9 Å². The van der Waals surface area contributed by atoms with Crippen LogP contribution in [-0.4, -0.2) is 15.6 Å². The Morgan fingerprint density at radius 2 is 1.09 bits per heavy atom. The molecule has 69 heavy (non-hydrogen) atoms. The van der Waals surface area contributed by atoms with Crippen LogP contribution in [0.4, 0.5) is 22.7 Å². The van der Waals surface area contributed by atoms with E-state index in [0.29, 0.717) is 0 Å². The van der Waals surface area contributed by atoms with Gasteiger partial charge in [0.2, 0.25) is 11.4 Å². The fourth-order valence-electron chi connectivity index (χ4n) is 9.52. The quantitative estimate of drug-likeness (QED) is 0.149. The molecule has 9 aromatic rings. The van der Waals surface area contributed by atoms with Crippen LogP contribution in [0.15, 0.2) is 170 Å². The SMILES string of the molecule is CC(C)(C)c1cccc(-c2cccc3c2[N+](c2cc(C(C)(C)C)cc(C(C)(C)C)c2)=C=[N+]3c2cccc(Oc3cc4c(cc3-c3ccccc3)c3ccccc3n4-c3cc(C(C)(C)C)ccn3)c2)c1. The van der Waals surface area contributed by atoms with Crippen molar-refractivity contribution in [3.63, 3.8) is 0 Å². The van der Waals surface area contributed by atoms with Crippen LogP contribution in [0.2, 0.25) is 0 Å². The maximum Gasteiger partial charge on any atom is 0.503 e. The molecule has 5 nitrogen and oxygen atoms in total. The summed E-state index contributed by atoms with van der Waals surface area (Å²) in [6.45, 7) is 27.4. The lowest BCUT2D eigenvalue weighted by Gasteiger charge is -2.24. The first kappa shape index (κ1) is 45.5. The van der Waals surface area contributed by atoms with Crippen LogP contribution in [0.1, 0.15) is 105 Å². The Hall–Kier alpha value is -7.33. The Balaban J connectivity index is 1.17. The summed E-state index contributed by atoms with van der Waals surface area (Å²) in [5.41, 5.74) is 15.6. The number of aromatic nitrogens is 2. The molecule has 10 rings (SSSR count). The smallest absolute Gasteiger partial charge is 0.456 e. The Morgan fingerprint density at radius 1 is 0.449 bits per heavy atom. The average Bonchev–Trinajstić information content (AvgIpc) is 3.87. The van der Waals surface area contributed by atoms with Gasteiger partial charge >= 0.3 is 11.7 Å². The summed E-state index contributed by atoms with van der Waals surface area (Å²) in [5.74, 6) is 2.36. The van der Waals surface area contributed by atoms with Crippen LogP contribution >= 0.6 is 0 Å². The lowest BCUT2D eigenvalue weighted by Crippen LogP contribution is -2.17. The maximum absolute atomic E-state index is 7.18. The first-order valence-electron chi connectivity index (χ1n) is 24.4. The Kier molecular flexibility index (Phi) is 11.0. The van der Waals surface area contributed by atoms with Crippen molar-refractivity contribution in [2.45, 2.75) is 105 Å². The molecule has 1 aliphatic heterocycles. The maximum atomic E-state index is 7.18. The molecule has 0 amide bonds. The Morgan fingerprint density at radius 3 is 1.80 bits per heavy atom. The van der Waals surface area contributed by atoms with Crippen LogP contribution in [0.3, 0.4) is 0 Å². The molecule has 2 aromatic heterocycles. The zero-order valence-electron chi connectivity index (χ0n) is 42.4. The molecule has 0 radical (unpaired) electrons. The Labute approximate surface area is 408 Å². The minimum Gasteiger partial charge on any atom is -0.456 e. The molecule has 5 heteroatoms. The molecule has 0 atom stereocenters. The van der Waals surface area contributed by atoms with Crippen molar-refractivity contribution in [2.75, 3.05) is 0 Å². The van der Waals surface area contributed by atoms with Gasteiger partial charge in [0.05, 0.1) is 22.7 Å². The topological polar surface area (TPSA) is 33.1 Å². The van der Waals surface area contributed by atoms with Gasteiger partial charge in [-0.3, -0.25) is 4.57 Å². The molecule has 3 heterocycles. The Bertz CT molecular complexity index is 3510. The van der Waals surface area contributed by atoms with E-state index in [0.717, 1.165) is 78.6 Å². The second kappa shape index (κ2) is 16.7. The van der Waals surface area contributed by atoms with E-state index in [-0.39, 0.29) is 21.7 Å². The molecule has 0 unspecified atom stereocenters. The van der Waals surface area contributed by atoms with Gasteiger partial charge in [-0.1, -0.05) is 174 Å². The zero-order valence-corrected chi connectivity index (χ0v) is 42.4. The van der Waals surface area contributed by atoms with Crippen LogP contribution in [-0.2, 0) is 21.7 Å². The molecule has 1 aliphatic rings. The van der Waals surface area contributed by atoms with E-state index in [1.165, 1.54) is 27.8 Å². The molecule has 7 aromatic carbocycles. The first-order valence-corrected chi connectivity index (χ1v) is 24.4. The van der Waals surface area contributed by atoms with Crippen LogP contribution < -0.4 is 13.9 Å². The summed E-state index contributed by atoms with van der Waals surface area (Å²) in [4.78, 5) is 4.97. The molecule has 344 valence electrons. The highest BCUT2D eigenvalue weighted by atomic mass is 16.5. The summed E-state index contributed by atoms with van der Waals surface area (Å²) in [7, 11) is 0. The summed E-state index contributed by atoms with van der Waals surface area (Å²) < 4.78 is 14.0. The van der Waals surface area contributed by atoms with E-state index in [9.17, 15) is 0 Å². The van der Waals surface area contributed by atoms with E-state index >= 15 is 0 Å². The average molecular weight is 905 g/mol. The van der Waals surface area contributed by atoms with Gasteiger partial charge in [0.1, 0.15) is 17.3 Å². The fraction of sp³-hybridized carbons (Fsp3) is 0.250. The highest BCUT2D eigenvalue weighted by Crippen LogP contribution is 2.47. The van der Waals surface area contributed by atoms with Gasteiger partial charge in [0.25, 0.3) is 5.69 Å². The van der Waals surface area contributed by atoms with E-state index < -0.39 is 0 Å². The molecule has 0 saturated carbocycles. The van der Waals surface area contributed by atoms with Crippen molar-refractivity contribution < 1.29 is 4.74 Å². The van der Waals surface area contributed by atoms with Crippen molar-refractivity contribution in [3.8, 4) is 39.6 Å². The van der Waals surface area contributed by atoms with Crippen molar-refractivity contribution in [3.05, 3.63) is 192 Å². The fourth-order valence-corrected chi connectivity index (χ4v) is 9.52. The number of ether oxygens (including phenoxy) is 1.